The third kappa shape index (κ3) is 3.12. The molecule has 1 atom stereocenters. The molecule has 1 rings (SSSR count). The fourth-order valence-corrected chi connectivity index (χ4v) is 2.11. The van der Waals surface area contributed by atoms with Crippen molar-refractivity contribution in [2.75, 3.05) is 21.3 Å². The van der Waals surface area contributed by atoms with Crippen molar-refractivity contribution in [3.63, 3.8) is 0 Å². The molecule has 1 aromatic carbocycles. The Bertz CT molecular complexity index is 380. The SMILES string of the molecule is CNC(c1cc(Cl)ccc1OC)C(C)(C)OC. The molecule has 1 N–H and O–H groups in total. The number of rotatable bonds is 5. The molecule has 0 aromatic heterocycles. The lowest BCUT2D eigenvalue weighted by molar-refractivity contribution is -0.00956. The second-order valence-corrected chi connectivity index (χ2v) is 4.85. The van der Waals surface area contributed by atoms with Crippen LogP contribution in [-0.4, -0.2) is 26.9 Å². The maximum absolute atomic E-state index is 6.04. The average Bonchev–Trinajstić information content (AvgIpc) is 2.30. The van der Waals surface area contributed by atoms with E-state index >= 15 is 0 Å². The van der Waals surface area contributed by atoms with Crippen LogP contribution in [0.1, 0.15) is 25.5 Å². The van der Waals surface area contributed by atoms with Gasteiger partial charge in [0.05, 0.1) is 18.8 Å². The third-order valence-electron chi connectivity index (χ3n) is 3.01. The van der Waals surface area contributed by atoms with Crippen molar-refractivity contribution >= 4 is 11.6 Å². The summed E-state index contributed by atoms with van der Waals surface area (Å²) in [5.41, 5.74) is 0.640. The highest BCUT2D eigenvalue weighted by Gasteiger charge is 2.31. The highest BCUT2D eigenvalue weighted by molar-refractivity contribution is 6.30. The van der Waals surface area contributed by atoms with Crippen LogP contribution >= 0.6 is 11.6 Å². The second kappa shape index (κ2) is 5.71. The van der Waals surface area contributed by atoms with Gasteiger partial charge in [0.1, 0.15) is 5.75 Å². The van der Waals surface area contributed by atoms with Crippen LogP contribution < -0.4 is 10.1 Å². The van der Waals surface area contributed by atoms with E-state index in [0.29, 0.717) is 5.02 Å². The molecule has 0 bridgehead atoms. The smallest absolute Gasteiger partial charge is 0.123 e. The lowest BCUT2D eigenvalue weighted by atomic mass is 9.91. The highest BCUT2D eigenvalue weighted by atomic mass is 35.5. The number of halogens is 1. The summed E-state index contributed by atoms with van der Waals surface area (Å²) in [6.07, 6.45) is 0. The fourth-order valence-electron chi connectivity index (χ4n) is 1.93. The van der Waals surface area contributed by atoms with Gasteiger partial charge in [0.2, 0.25) is 0 Å². The number of benzene rings is 1. The van der Waals surface area contributed by atoms with E-state index in [-0.39, 0.29) is 11.6 Å². The van der Waals surface area contributed by atoms with Gasteiger partial charge in [0.25, 0.3) is 0 Å². The van der Waals surface area contributed by atoms with Gasteiger partial charge in [0.15, 0.2) is 0 Å². The molecule has 0 aliphatic rings. The summed E-state index contributed by atoms with van der Waals surface area (Å²) in [5.74, 6) is 0.805. The Labute approximate surface area is 108 Å². The molecule has 3 nitrogen and oxygen atoms in total. The Morgan fingerprint density at radius 2 is 1.94 bits per heavy atom. The molecular formula is C13H20ClNO2. The molecule has 0 saturated carbocycles. The van der Waals surface area contributed by atoms with E-state index < -0.39 is 0 Å². The number of hydrogen-bond donors (Lipinski definition) is 1. The van der Waals surface area contributed by atoms with Gasteiger partial charge < -0.3 is 14.8 Å². The van der Waals surface area contributed by atoms with Crippen molar-refractivity contribution in [1.29, 1.82) is 0 Å². The molecule has 0 fully saturated rings. The molecule has 0 aliphatic carbocycles. The predicted molar refractivity (Wildman–Crippen MR) is 70.9 cm³/mol. The van der Waals surface area contributed by atoms with Gasteiger partial charge in [-0.1, -0.05) is 11.6 Å². The molecule has 0 heterocycles. The maximum atomic E-state index is 6.04. The van der Waals surface area contributed by atoms with Crippen LogP contribution in [0.4, 0.5) is 0 Å². The van der Waals surface area contributed by atoms with Gasteiger partial charge in [-0.2, -0.15) is 0 Å². The zero-order valence-electron chi connectivity index (χ0n) is 11.0. The van der Waals surface area contributed by atoms with Gasteiger partial charge in [0, 0.05) is 17.7 Å². The van der Waals surface area contributed by atoms with Crippen molar-refractivity contribution in [3.8, 4) is 5.75 Å². The third-order valence-corrected chi connectivity index (χ3v) is 3.25. The molecule has 4 heteroatoms. The number of likely N-dealkylation sites (N-methyl/N-ethyl adjacent to an activating group) is 1. The lowest BCUT2D eigenvalue weighted by Gasteiger charge is -2.34. The topological polar surface area (TPSA) is 30.5 Å². The Kier molecular flexibility index (Phi) is 4.80. The van der Waals surface area contributed by atoms with Crippen LogP contribution in [0.3, 0.4) is 0 Å². The zero-order chi connectivity index (χ0) is 13.1. The summed E-state index contributed by atoms with van der Waals surface area (Å²) in [6, 6.07) is 5.59. The largest absolute Gasteiger partial charge is 0.496 e. The second-order valence-electron chi connectivity index (χ2n) is 4.42. The van der Waals surface area contributed by atoms with Gasteiger partial charge in [-0.25, -0.2) is 0 Å². The molecule has 1 aromatic rings. The number of methoxy groups -OCH3 is 2. The lowest BCUT2D eigenvalue weighted by Crippen LogP contribution is -2.39. The first-order valence-electron chi connectivity index (χ1n) is 5.52. The number of nitrogens with one attached hydrogen (secondary N) is 1. The monoisotopic (exact) mass is 257 g/mol. The van der Waals surface area contributed by atoms with Gasteiger partial charge in [-0.05, 0) is 39.1 Å². The summed E-state index contributed by atoms with van der Waals surface area (Å²) in [5, 5.41) is 3.94. The van der Waals surface area contributed by atoms with E-state index in [1.165, 1.54) is 0 Å². The molecule has 0 aliphatic heterocycles. The van der Waals surface area contributed by atoms with Gasteiger partial charge in [-0.15, -0.1) is 0 Å². The van der Waals surface area contributed by atoms with Gasteiger partial charge in [-0.3, -0.25) is 0 Å². The van der Waals surface area contributed by atoms with Crippen molar-refractivity contribution in [3.05, 3.63) is 28.8 Å². The molecule has 0 amide bonds. The molecule has 0 radical (unpaired) electrons. The van der Waals surface area contributed by atoms with E-state index in [4.69, 9.17) is 21.1 Å². The minimum atomic E-state index is -0.354. The van der Waals surface area contributed by atoms with Crippen LogP contribution in [-0.2, 0) is 4.74 Å². The summed E-state index contributed by atoms with van der Waals surface area (Å²) < 4.78 is 10.9. The van der Waals surface area contributed by atoms with E-state index in [9.17, 15) is 0 Å². The first kappa shape index (κ1) is 14.3. The number of ether oxygens (including phenoxy) is 2. The minimum Gasteiger partial charge on any atom is -0.496 e. The standard InChI is InChI=1S/C13H20ClNO2/c1-13(2,17-5)12(15-3)10-8-9(14)6-7-11(10)16-4/h6-8,12,15H,1-5H3. The fraction of sp³-hybridized carbons (Fsp3) is 0.538. The Balaban J connectivity index is 3.23. The molecule has 1 unspecified atom stereocenters. The van der Waals surface area contributed by atoms with Crippen LogP contribution in [0, 0.1) is 0 Å². The van der Waals surface area contributed by atoms with Crippen molar-refractivity contribution in [1.82, 2.24) is 5.32 Å². The van der Waals surface area contributed by atoms with Crippen molar-refractivity contribution in [2.24, 2.45) is 0 Å². The normalized spacial score (nSPS) is 13.5. The van der Waals surface area contributed by atoms with E-state index in [1.807, 2.05) is 39.1 Å². The first-order valence-corrected chi connectivity index (χ1v) is 5.90. The van der Waals surface area contributed by atoms with Crippen LogP contribution in [0.5, 0.6) is 5.75 Å². The first-order chi connectivity index (χ1) is 7.96. The van der Waals surface area contributed by atoms with Crippen molar-refractivity contribution < 1.29 is 9.47 Å². The van der Waals surface area contributed by atoms with Crippen LogP contribution in [0.2, 0.25) is 5.02 Å². The zero-order valence-corrected chi connectivity index (χ0v) is 11.8. The summed E-state index contributed by atoms with van der Waals surface area (Å²) in [7, 11) is 5.24. The number of hydrogen-bond acceptors (Lipinski definition) is 3. The quantitative estimate of drug-likeness (QED) is 0.880. The van der Waals surface area contributed by atoms with Crippen LogP contribution in [0.15, 0.2) is 18.2 Å². The molecular weight excluding hydrogens is 238 g/mol. The molecule has 96 valence electrons. The summed E-state index contributed by atoms with van der Waals surface area (Å²) in [4.78, 5) is 0. The van der Waals surface area contributed by atoms with Crippen LogP contribution in [0.25, 0.3) is 0 Å². The van der Waals surface area contributed by atoms with E-state index in [2.05, 4.69) is 5.32 Å². The summed E-state index contributed by atoms with van der Waals surface area (Å²) in [6.45, 7) is 4.04. The molecule has 0 saturated heterocycles. The highest BCUT2D eigenvalue weighted by Crippen LogP contribution is 2.35. The average molecular weight is 258 g/mol. The molecule has 17 heavy (non-hydrogen) atoms. The van der Waals surface area contributed by atoms with E-state index in [0.717, 1.165) is 11.3 Å². The predicted octanol–water partition coefficient (Wildman–Crippen LogP) is 3.03. The molecule has 0 spiro atoms. The Hall–Kier alpha value is -0.770. The van der Waals surface area contributed by atoms with E-state index in [1.54, 1.807) is 14.2 Å². The summed E-state index contributed by atoms with van der Waals surface area (Å²) >= 11 is 6.04. The Morgan fingerprint density at radius 1 is 1.29 bits per heavy atom. The minimum absolute atomic E-state index is 0.00106. The maximum Gasteiger partial charge on any atom is 0.123 e. The van der Waals surface area contributed by atoms with Gasteiger partial charge >= 0.3 is 0 Å². The van der Waals surface area contributed by atoms with Crippen molar-refractivity contribution in [2.45, 2.75) is 25.5 Å². The Morgan fingerprint density at radius 3 is 2.41 bits per heavy atom.